The lowest BCUT2D eigenvalue weighted by Gasteiger charge is -2.37. The number of carbonyl (C=O) groups excluding carboxylic acids is 2. The van der Waals surface area contributed by atoms with Crippen molar-refractivity contribution in [2.24, 2.45) is 0 Å². The third kappa shape index (κ3) is 7.01. The third-order valence-electron chi connectivity index (χ3n) is 7.11. The first-order valence-electron chi connectivity index (χ1n) is 14.9. The van der Waals surface area contributed by atoms with Crippen molar-refractivity contribution in [1.82, 2.24) is 0 Å². The Morgan fingerprint density at radius 3 is 1.52 bits per heavy atom. The highest BCUT2D eigenvalue weighted by Gasteiger charge is 2.36. The van der Waals surface area contributed by atoms with Gasteiger partial charge in [0.25, 0.3) is 0 Å². The molecular weight excluding hydrogens is 588 g/mol. The number of hydrazine groups is 1. The minimum Gasteiger partial charge on any atom is -0.493 e. The van der Waals surface area contributed by atoms with Crippen LogP contribution in [0.3, 0.4) is 0 Å². The molecule has 0 saturated heterocycles. The Labute approximate surface area is 270 Å². The van der Waals surface area contributed by atoms with E-state index >= 15 is 0 Å². The zero-order valence-electron chi connectivity index (χ0n) is 28.8. The average molecular weight is 633 g/mol. The maximum absolute atomic E-state index is 14.2. The Morgan fingerprint density at radius 2 is 1.04 bits per heavy atom. The fourth-order valence-corrected chi connectivity index (χ4v) is 5.28. The molecule has 0 spiro atoms. The van der Waals surface area contributed by atoms with Crippen LogP contribution in [0.1, 0.15) is 52.7 Å². The molecule has 4 rings (SSSR count). The van der Waals surface area contributed by atoms with Crippen LogP contribution in [0.4, 0.5) is 21.0 Å². The van der Waals surface area contributed by atoms with Gasteiger partial charge in [-0.15, -0.1) is 0 Å². The number of methoxy groups -OCH3 is 4. The third-order valence-corrected chi connectivity index (χ3v) is 7.11. The minimum absolute atomic E-state index is 0.377. The highest BCUT2D eigenvalue weighted by molar-refractivity contribution is 6.06. The molecule has 4 aromatic carbocycles. The number of benzene rings is 4. The van der Waals surface area contributed by atoms with Gasteiger partial charge in [0.1, 0.15) is 11.2 Å². The number of amides is 2. The van der Waals surface area contributed by atoms with Crippen LogP contribution in [0.15, 0.2) is 48.5 Å². The molecule has 0 aliphatic heterocycles. The lowest BCUT2D eigenvalue weighted by molar-refractivity contribution is 0.0479. The van der Waals surface area contributed by atoms with Gasteiger partial charge in [-0.3, -0.25) is 0 Å². The van der Waals surface area contributed by atoms with Gasteiger partial charge in [0, 0.05) is 5.39 Å². The van der Waals surface area contributed by atoms with Gasteiger partial charge >= 0.3 is 12.2 Å². The van der Waals surface area contributed by atoms with E-state index in [1.54, 1.807) is 94.2 Å². The van der Waals surface area contributed by atoms with Gasteiger partial charge in [-0.25, -0.2) is 9.59 Å². The van der Waals surface area contributed by atoms with Crippen LogP contribution in [0.2, 0.25) is 0 Å². The summed E-state index contributed by atoms with van der Waals surface area (Å²) in [5, 5.41) is 5.64. The molecule has 0 aliphatic rings. The molecule has 0 heterocycles. The smallest absolute Gasteiger partial charge is 0.434 e. The fourth-order valence-electron chi connectivity index (χ4n) is 5.28. The van der Waals surface area contributed by atoms with Crippen molar-refractivity contribution in [3.8, 4) is 23.0 Å². The van der Waals surface area contributed by atoms with Crippen LogP contribution in [0.25, 0.3) is 21.5 Å². The predicted octanol–water partition coefficient (Wildman–Crippen LogP) is 8.74. The number of anilines is 2. The minimum atomic E-state index is -0.874. The molecule has 0 unspecified atom stereocenters. The van der Waals surface area contributed by atoms with Crippen LogP contribution < -0.4 is 29.0 Å². The topological polar surface area (TPSA) is 96.0 Å². The zero-order chi connectivity index (χ0) is 34.1. The molecule has 0 fully saturated rings. The van der Waals surface area contributed by atoms with Crippen molar-refractivity contribution in [2.75, 3.05) is 38.5 Å². The lowest BCUT2D eigenvalue weighted by Crippen LogP contribution is -2.53. The second-order valence-electron chi connectivity index (χ2n) is 12.9. The molecule has 0 aliphatic carbocycles. The van der Waals surface area contributed by atoms with E-state index < -0.39 is 23.4 Å². The van der Waals surface area contributed by atoms with Gasteiger partial charge in [0.15, 0.2) is 23.0 Å². The van der Waals surface area contributed by atoms with Crippen molar-refractivity contribution in [3.63, 3.8) is 0 Å². The quantitative estimate of drug-likeness (QED) is 0.195. The summed E-state index contributed by atoms with van der Waals surface area (Å²) >= 11 is 0. The molecule has 10 nitrogen and oxygen atoms in total. The molecule has 4 aromatic rings. The number of ether oxygens (including phenoxy) is 6. The van der Waals surface area contributed by atoms with E-state index in [2.05, 4.69) is 0 Å². The Balaban J connectivity index is 2.05. The standard InChI is InChI=1S/C36H44N2O8/c1-21-15-25(18-24-19-29(42-10)30(43-11)20-27(21)24)37(33(39)45-35(3,4)5)38(34(40)46-36(6,7)8)26-16-22(2)31-23(17-26)13-14-28(41-9)32(31)44-12/h13-20H,1-12H3. The van der Waals surface area contributed by atoms with Crippen LogP contribution in [-0.2, 0) is 9.47 Å². The molecular formula is C36H44N2O8. The molecule has 2 amide bonds. The molecule has 0 radical (unpaired) electrons. The lowest BCUT2D eigenvalue weighted by atomic mass is 10.0. The van der Waals surface area contributed by atoms with Crippen molar-refractivity contribution in [3.05, 3.63) is 59.7 Å². The number of fused-ring (bicyclic) bond motifs is 2. The molecule has 0 N–H and O–H groups in total. The Hall–Kier alpha value is -4.86. The molecule has 10 heteroatoms. The Bertz CT molecular complexity index is 1740. The van der Waals surface area contributed by atoms with Gasteiger partial charge in [-0.05, 0) is 125 Å². The first-order chi connectivity index (χ1) is 21.5. The number of hydrogen-bond donors (Lipinski definition) is 0. The summed E-state index contributed by atoms with van der Waals surface area (Å²) in [7, 11) is 6.29. The number of nitrogens with zero attached hydrogens (tertiary/aromatic N) is 2. The summed E-state index contributed by atoms with van der Waals surface area (Å²) in [6, 6.07) is 14.6. The molecule has 0 saturated carbocycles. The summed E-state index contributed by atoms with van der Waals surface area (Å²) in [6.07, 6.45) is -1.55. The number of carbonyl (C=O) groups is 2. The van der Waals surface area contributed by atoms with Crippen molar-refractivity contribution in [2.45, 2.75) is 66.6 Å². The first kappa shape index (κ1) is 34.0. The first-order valence-corrected chi connectivity index (χ1v) is 14.9. The van der Waals surface area contributed by atoms with E-state index in [0.29, 0.717) is 34.4 Å². The van der Waals surface area contributed by atoms with Crippen molar-refractivity contribution < 1.29 is 38.0 Å². The summed E-state index contributed by atoms with van der Waals surface area (Å²) in [5.74, 6) is 2.23. The molecule has 0 aromatic heterocycles. The maximum atomic E-state index is 14.2. The number of rotatable bonds is 6. The van der Waals surface area contributed by atoms with Crippen LogP contribution in [0.5, 0.6) is 23.0 Å². The van der Waals surface area contributed by atoms with E-state index in [-0.39, 0.29) is 0 Å². The van der Waals surface area contributed by atoms with Crippen LogP contribution in [-0.4, -0.2) is 51.8 Å². The SMILES string of the molecule is COc1cc2cc(N(C(=O)OC(C)(C)C)N(C(=O)OC(C)(C)C)c3cc(C)c4c(OC)c(OC)ccc4c3)cc(C)c2cc1OC. The van der Waals surface area contributed by atoms with Crippen LogP contribution in [0, 0.1) is 13.8 Å². The van der Waals surface area contributed by atoms with Gasteiger partial charge in [-0.1, -0.05) is 6.07 Å². The van der Waals surface area contributed by atoms with Crippen molar-refractivity contribution >= 4 is 45.1 Å². The second kappa shape index (κ2) is 12.9. The van der Waals surface area contributed by atoms with E-state index in [1.807, 2.05) is 38.1 Å². The Kier molecular flexibility index (Phi) is 9.51. The van der Waals surface area contributed by atoms with E-state index in [4.69, 9.17) is 28.4 Å². The average Bonchev–Trinajstić information content (AvgIpc) is 2.96. The van der Waals surface area contributed by atoms with E-state index in [0.717, 1.165) is 32.7 Å². The van der Waals surface area contributed by atoms with E-state index in [1.165, 1.54) is 10.0 Å². The molecule has 246 valence electrons. The monoisotopic (exact) mass is 632 g/mol. The maximum Gasteiger partial charge on any atom is 0.434 e. The van der Waals surface area contributed by atoms with Gasteiger partial charge < -0.3 is 28.4 Å². The summed E-state index contributed by atoms with van der Waals surface area (Å²) in [6.45, 7) is 14.4. The van der Waals surface area contributed by atoms with Crippen molar-refractivity contribution in [1.29, 1.82) is 0 Å². The van der Waals surface area contributed by atoms with Crippen LogP contribution >= 0.6 is 0 Å². The largest absolute Gasteiger partial charge is 0.493 e. The second-order valence-corrected chi connectivity index (χ2v) is 12.9. The zero-order valence-corrected chi connectivity index (χ0v) is 28.8. The van der Waals surface area contributed by atoms with E-state index in [9.17, 15) is 9.59 Å². The van der Waals surface area contributed by atoms with Gasteiger partial charge in [0.2, 0.25) is 0 Å². The van der Waals surface area contributed by atoms with Gasteiger partial charge in [0.05, 0.1) is 39.8 Å². The molecule has 0 atom stereocenters. The summed E-state index contributed by atoms with van der Waals surface area (Å²) < 4.78 is 34.1. The number of aryl methyl sites for hydroxylation is 2. The highest BCUT2D eigenvalue weighted by Crippen LogP contribution is 2.41. The Morgan fingerprint density at radius 1 is 0.565 bits per heavy atom. The highest BCUT2D eigenvalue weighted by atomic mass is 16.6. The normalized spacial score (nSPS) is 11.7. The molecule has 46 heavy (non-hydrogen) atoms. The predicted molar refractivity (Wildman–Crippen MR) is 181 cm³/mol. The number of hydrogen-bond acceptors (Lipinski definition) is 8. The summed E-state index contributed by atoms with van der Waals surface area (Å²) in [4.78, 5) is 28.4. The van der Waals surface area contributed by atoms with Gasteiger partial charge in [-0.2, -0.15) is 10.0 Å². The summed E-state index contributed by atoms with van der Waals surface area (Å²) in [5.41, 5.74) is 0.622. The fraction of sp³-hybridized carbons (Fsp3) is 0.389. The molecule has 0 bridgehead atoms.